The molecule has 1 amide bonds. The standard InChI is InChI=1S/C16H27NO11/c1-5-8(17-6(2)19)12(9(20)7(4-18)26-5)27-16-11(22)10(21)13(25-3)14(28-16)15(23)24/h5,7-14,16,18,20-22H,4H2,1-3H3,(H,17,19)(H,23,24)/t5?,7?,8?,9-,10+,11?,12+,13+,14?,16+/m0/s1. The Bertz CT molecular complexity index is 561. The van der Waals surface area contributed by atoms with Crippen molar-refractivity contribution in [3.05, 3.63) is 0 Å². The maximum Gasteiger partial charge on any atom is 0.335 e. The van der Waals surface area contributed by atoms with Gasteiger partial charge in [0.2, 0.25) is 5.91 Å². The number of rotatable bonds is 6. The van der Waals surface area contributed by atoms with E-state index in [4.69, 9.17) is 18.9 Å². The van der Waals surface area contributed by atoms with Crippen LogP contribution >= 0.6 is 0 Å². The Morgan fingerprint density at radius 1 is 1.07 bits per heavy atom. The zero-order valence-corrected chi connectivity index (χ0v) is 15.7. The Labute approximate surface area is 160 Å². The highest BCUT2D eigenvalue weighted by molar-refractivity contribution is 5.73. The van der Waals surface area contributed by atoms with Crippen molar-refractivity contribution in [1.82, 2.24) is 5.32 Å². The molecule has 2 rings (SSSR count). The van der Waals surface area contributed by atoms with Gasteiger partial charge in [0.25, 0.3) is 0 Å². The Morgan fingerprint density at radius 3 is 2.21 bits per heavy atom. The van der Waals surface area contributed by atoms with Crippen molar-refractivity contribution in [2.45, 2.75) is 75.0 Å². The predicted octanol–water partition coefficient (Wildman–Crippen LogP) is -3.44. The van der Waals surface area contributed by atoms with Crippen LogP contribution in [0.25, 0.3) is 0 Å². The molecule has 162 valence electrons. The number of hydrogen-bond donors (Lipinski definition) is 6. The van der Waals surface area contributed by atoms with E-state index in [0.717, 1.165) is 7.11 Å². The van der Waals surface area contributed by atoms with Crippen LogP contribution in [0, 0.1) is 0 Å². The lowest BCUT2D eigenvalue weighted by Gasteiger charge is -2.47. The smallest absolute Gasteiger partial charge is 0.335 e. The highest BCUT2D eigenvalue weighted by Gasteiger charge is 2.52. The van der Waals surface area contributed by atoms with E-state index in [2.05, 4.69) is 5.32 Å². The second-order valence-corrected chi connectivity index (χ2v) is 6.82. The van der Waals surface area contributed by atoms with Crippen LogP contribution in [0.1, 0.15) is 13.8 Å². The Hall–Kier alpha value is -1.38. The number of carboxylic acid groups (broad SMARTS) is 1. The Morgan fingerprint density at radius 2 is 1.71 bits per heavy atom. The van der Waals surface area contributed by atoms with Gasteiger partial charge in [-0.2, -0.15) is 0 Å². The minimum atomic E-state index is -1.70. The van der Waals surface area contributed by atoms with Gasteiger partial charge in [-0.15, -0.1) is 0 Å². The van der Waals surface area contributed by atoms with Crippen LogP contribution in [0.3, 0.4) is 0 Å². The molecular weight excluding hydrogens is 382 g/mol. The molecular formula is C16H27NO11. The van der Waals surface area contributed by atoms with Gasteiger partial charge in [0, 0.05) is 14.0 Å². The molecule has 0 spiro atoms. The minimum Gasteiger partial charge on any atom is -0.479 e. The van der Waals surface area contributed by atoms with E-state index in [-0.39, 0.29) is 0 Å². The summed E-state index contributed by atoms with van der Waals surface area (Å²) in [5, 5.41) is 52.2. The first-order valence-corrected chi connectivity index (χ1v) is 8.76. The Balaban J connectivity index is 2.26. The summed E-state index contributed by atoms with van der Waals surface area (Å²) in [7, 11) is 1.16. The largest absolute Gasteiger partial charge is 0.479 e. The number of carboxylic acids is 1. The van der Waals surface area contributed by atoms with E-state index in [1.54, 1.807) is 6.92 Å². The molecule has 12 heteroatoms. The van der Waals surface area contributed by atoms with Gasteiger partial charge < -0.3 is 49.8 Å². The van der Waals surface area contributed by atoms with Gasteiger partial charge in [0.05, 0.1) is 18.8 Å². The number of aliphatic hydroxyl groups is 4. The van der Waals surface area contributed by atoms with E-state index in [0.29, 0.717) is 0 Å². The highest BCUT2D eigenvalue weighted by Crippen LogP contribution is 2.30. The molecule has 6 N–H and O–H groups in total. The number of aliphatic carboxylic acids is 1. The number of aliphatic hydroxyl groups excluding tert-OH is 4. The maximum absolute atomic E-state index is 11.5. The normalized spacial score (nSPS) is 44.1. The number of methoxy groups -OCH3 is 1. The molecule has 0 radical (unpaired) electrons. The van der Waals surface area contributed by atoms with Gasteiger partial charge in [-0.25, -0.2) is 4.79 Å². The van der Waals surface area contributed by atoms with Gasteiger partial charge >= 0.3 is 5.97 Å². The first-order valence-electron chi connectivity index (χ1n) is 8.76. The van der Waals surface area contributed by atoms with Crippen molar-refractivity contribution in [2.75, 3.05) is 13.7 Å². The van der Waals surface area contributed by atoms with Crippen LogP contribution in [0.4, 0.5) is 0 Å². The average molecular weight is 409 g/mol. The summed E-state index contributed by atoms with van der Waals surface area (Å²) in [6.45, 7) is 2.28. The molecule has 0 aromatic rings. The van der Waals surface area contributed by atoms with Crippen LogP contribution in [0.2, 0.25) is 0 Å². The quantitative estimate of drug-likeness (QED) is 0.256. The first-order chi connectivity index (χ1) is 13.1. The van der Waals surface area contributed by atoms with Crippen LogP contribution in [0.5, 0.6) is 0 Å². The second-order valence-electron chi connectivity index (χ2n) is 6.82. The number of carbonyl (C=O) groups excluding carboxylic acids is 1. The van der Waals surface area contributed by atoms with E-state index < -0.39 is 79.6 Å². The van der Waals surface area contributed by atoms with E-state index in [1.807, 2.05) is 0 Å². The summed E-state index contributed by atoms with van der Waals surface area (Å²) in [6.07, 6.45) is -12.4. The fourth-order valence-electron chi connectivity index (χ4n) is 3.45. The third kappa shape index (κ3) is 4.60. The molecule has 0 bridgehead atoms. The topological polar surface area (TPSA) is 184 Å². The molecule has 0 saturated carbocycles. The van der Waals surface area contributed by atoms with Crippen molar-refractivity contribution < 1.29 is 54.1 Å². The van der Waals surface area contributed by atoms with Gasteiger partial charge in [-0.05, 0) is 6.92 Å². The molecule has 10 atom stereocenters. The number of hydrogen-bond acceptors (Lipinski definition) is 10. The van der Waals surface area contributed by atoms with E-state index >= 15 is 0 Å². The zero-order valence-electron chi connectivity index (χ0n) is 15.7. The van der Waals surface area contributed by atoms with Crippen molar-refractivity contribution in [3.8, 4) is 0 Å². The summed E-state index contributed by atoms with van der Waals surface area (Å²) in [5.74, 6) is -1.89. The summed E-state index contributed by atoms with van der Waals surface area (Å²) < 4.78 is 21.2. The minimum absolute atomic E-state index is 0.447. The predicted molar refractivity (Wildman–Crippen MR) is 89.0 cm³/mol. The molecule has 12 nitrogen and oxygen atoms in total. The van der Waals surface area contributed by atoms with Gasteiger partial charge in [-0.1, -0.05) is 0 Å². The van der Waals surface area contributed by atoms with Gasteiger partial charge in [0.15, 0.2) is 12.4 Å². The highest BCUT2D eigenvalue weighted by atomic mass is 16.7. The lowest BCUT2D eigenvalue weighted by molar-refractivity contribution is -0.327. The monoisotopic (exact) mass is 409 g/mol. The Kier molecular flexibility index (Phi) is 7.70. The van der Waals surface area contributed by atoms with Crippen molar-refractivity contribution in [2.24, 2.45) is 0 Å². The third-order valence-corrected chi connectivity index (χ3v) is 4.87. The molecule has 5 unspecified atom stereocenters. The number of nitrogens with one attached hydrogen (secondary N) is 1. The lowest BCUT2D eigenvalue weighted by Crippen LogP contribution is -2.67. The molecule has 0 aromatic heterocycles. The average Bonchev–Trinajstić information content (AvgIpc) is 2.63. The number of ether oxygens (including phenoxy) is 4. The summed E-state index contributed by atoms with van der Waals surface area (Å²) in [6, 6.07) is -0.897. The molecule has 0 aliphatic carbocycles. The van der Waals surface area contributed by atoms with Gasteiger partial charge in [-0.3, -0.25) is 4.79 Å². The lowest BCUT2D eigenvalue weighted by atomic mass is 9.92. The van der Waals surface area contributed by atoms with Crippen molar-refractivity contribution >= 4 is 11.9 Å². The van der Waals surface area contributed by atoms with Crippen LogP contribution in [0.15, 0.2) is 0 Å². The molecule has 2 heterocycles. The summed E-state index contributed by atoms with van der Waals surface area (Å²) >= 11 is 0. The van der Waals surface area contributed by atoms with Crippen molar-refractivity contribution in [1.29, 1.82) is 0 Å². The summed E-state index contributed by atoms with van der Waals surface area (Å²) in [4.78, 5) is 23.0. The molecule has 2 aliphatic rings. The van der Waals surface area contributed by atoms with E-state index in [9.17, 15) is 35.1 Å². The number of carbonyl (C=O) groups is 2. The van der Waals surface area contributed by atoms with Crippen LogP contribution in [-0.4, -0.2) is 112 Å². The van der Waals surface area contributed by atoms with E-state index in [1.165, 1.54) is 6.92 Å². The molecule has 0 aromatic carbocycles. The molecule has 2 fully saturated rings. The molecule has 2 aliphatic heterocycles. The fourth-order valence-corrected chi connectivity index (χ4v) is 3.45. The van der Waals surface area contributed by atoms with Crippen LogP contribution < -0.4 is 5.32 Å². The van der Waals surface area contributed by atoms with Gasteiger partial charge in [0.1, 0.15) is 36.6 Å². The SMILES string of the molecule is CO[C@H]1C(C(=O)O)O[C@@H](O[C@@H]2C(NC(C)=O)C(C)OC(CO)[C@@H]2O)C(O)[C@H]1O. The van der Waals surface area contributed by atoms with Crippen LogP contribution in [-0.2, 0) is 28.5 Å². The third-order valence-electron chi connectivity index (χ3n) is 4.87. The molecule has 28 heavy (non-hydrogen) atoms. The summed E-state index contributed by atoms with van der Waals surface area (Å²) in [5.41, 5.74) is 0. The fraction of sp³-hybridized carbons (Fsp3) is 0.875. The first kappa shape index (κ1) is 22.9. The maximum atomic E-state index is 11.5. The number of amides is 1. The molecule has 2 saturated heterocycles. The van der Waals surface area contributed by atoms with Crippen molar-refractivity contribution in [3.63, 3.8) is 0 Å². The zero-order chi connectivity index (χ0) is 21.2. The second kappa shape index (κ2) is 9.41.